The maximum Gasteiger partial charge on any atom is 0.242 e. The lowest BCUT2D eigenvalue weighted by Crippen LogP contribution is -2.41. The number of carbonyl (C=O) groups is 1. The van der Waals surface area contributed by atoms with E-state index in [-0.39, 0.29) is 4.90 Å². The van der Waals surface area contributed by atoms with Crippen LogP contribution in [0.3, 0.4) is 0 Å². The van der Waals surface area contributed by atoms with Crippen LogP contribution in [-0.4, -0.2) is 27.5 Å². The Hall–Kier alpha value is -2.38. The van der Waals surface area contributed by atoms with Crippen molar-refractivity contribution in [3.8, 4) is 5.75 Å². The zero-order valence-electron chi connectivity index (χ0n) is 15.6. The molecule has 6 nitrogen and oxygen atoms in total. The second-order valence-electron chi connectivity index (χ2n) is 6.28. The summed E-state index contributed by atoms with van der Waals surface area (Å²) in [6.07, 6.45) is 0. The molecule has 0 aromatic heterocycles. The van der Waals surface area contributed by atoms with Gasteiger partial charge in [0.1, 0.15) is 5.75 Å². The molecular weight excluding hydrogens is 352 g/mol. The molecule has 0 bridgehead atoms. The molecule has 0 aliphatic carbocycles. The average molecular weight is 376 g/mol. The second kappa shape index (κ2) is 7.88. The highest BCUT2D eigenvalue weighted by molar-refractivity contribution is 7.89. The van der Waals surface area contributed by atoms with E-state index in [1.807, 2.05) is 32.9 Å². The number of benzene rings is 2. The minimum atomic E-state index is -3.82. The molecule has 2 aromatic rings. The predicted octanol–water partition coefficient (Wildman–Crippen LogP) is 2.93. The first kappa shape index (κ1) is 19.9. The Balaban J connectivity index is 2.13. The molecule has 0 aliphatic rings. The number of nitrogens with one attached hydrogen (secondary N) is 2. The molecule has 2 N–H and O–H groups in total. The zero-order chi connectivity index (χ0) is 19.5. The molecule has 0 saturated heterocycles. The van der Waals surface area contributed by atoms with Crippen molar-refractivity contribution in [1.29, 1.82) is 0 Å². The van der Waals surface area contributed by atoms with Crippen LogP contribution in [0.2, 0.25) is 0 Å². The van der Waals surface area contributed by atoms with E-state index >= 15 is 0 Å². The van der Waals surface area contributed by atoms with Crippen LogP contribution in [0.4, 0.5) is 5.69 Å². The van der Waals surface area contributed by atoms with E-state index < -0.39 is 22.0 Å². The quantitative estimate of drug-likeness (QED) is 0.812. The van der Waals surface area contributed by atoms with Gasteiger partial charge in [-0.2, -0.15) is 4.72 Å². The molecule has 0 aliphatic heterocycles. The zero-order valence-corrected chi connectivity index (χ0v) is 16.4. The van der Waals surface area contributed by atoms with Crippen LogP contribution >= 0.6 is 0 Å². The molecule has 0 unspecified atom stereocenters. The van der Waals surface area contributed by atoms with Gasteiger partial charge in [0.15, 0.2) is 0 Å². The van der Waals surface area contributed by atoms with E-state index in [0.29, 0.717) is 11.4 Å². The molecule has 140 valence electrons. The summed E-state index contributed by atoms with van der Waals surface area (Å²) in [5.41, 5.74) is 3.67. The van der Waals surface area contributed by atoms with E-state index in [1.54, 1.807) is 12.1 Å². The van der Waals surface area contributed by atoms with Crippen molar-refractivity contribution < 1.29 is 17.9 Å². The third-order valence-electron chi connectivity index (χ3n) is 4.02. The summed E-state index contributed by atoms with van der Waals surface area (Å²) in [6, 6.07) is 8.97. The van der Waals surface area contributed by atoms with Crippen LogP contribution in [0.1, 0.15) is 23.6 Å². The molecular formula is C19H24N2O4S. The Morgan fingerprint density at radius 3 is 2.08 bits per heavy atom. The van der Waals surface area contributed by atoms with Crippen molar-refractivity contribution in [2.24, 2.45) is 0 Å². The number of rotatable bonds is 6. The topological polar surface area (TPSA) is 84.5 Å². The van der Waals surface area contributed by atoms with Gasteiger partial charge in [-0.05, 0) is 63.1 Å². The lowest BCUT2D eigenvalue weighted by molar-refractivity contribution is -0.117. The van der Waals surface area contributed by atoms with Crippen molar-refractivity contribution in [3.63, 3.8) is 0 Å². The molecule has 1 atom stereocenters. The van der Waals surface area contributed by atoms with Gasteiger partial charge >= 0.3 is 0 Å². The third-order valence-corrected chi connectivity index (χ3v) is 5.58. The highest BCUT2D eigenvalue weighted by atomic mass is 32.2. The van der Waals surface area contributed by atoms with Crippen molar-refractivity contribution >= 4 is 21.6 Å². The number of sulfonamides is 1. The monoisotopic (exact) mass is 376 g/mol. The number of ether oxygens (including phenoxy) is 1. The summed E-state index contributed by atoms with van der Waals surface area (Å²) >= 11 is 0. The van der Waals surface area contributed by atoms with Crippen molar-refractivity contribution in [3.05, 3.63) is 53.1 Å². The normalized spacial score (nSPS) is 12.5. The van der Waals surface area contributed by atoms with Gasteiger partial charge in [0.05, 0.1) is 18.0 Å². The molecule has 0 fully saturated rings. The van der Waals surface area contributed by atoms with Crippen LogP contribution in [0.5, 0.6) is 5.75 Å². The van der Waals surface area contributed by atoms with Gasteiger partial charge < -0.3 is 10.1 Å². The number of carbonyl (C=O) groups excluding carboxylic acids is 1. The Kier molecular flexibility index (Phi) is 6.05. The number of methoxy groups -OCH3 is 1. The number of anilines is 1. The molecule has 0 saturated carbocycles. The average Bonchev–Trinajstić information content (AvgIpc) is 2.57. The highest BCUT2D eigenvalue weighted by Crippen LogP contribution is 2.22. The first-order valence-electron chi connectivity index (χ1n) is 8.19. The SMILES string of the molecule is COc1ccc(S(=O)(=O)N[C@@H](C)C(=O)Nc2c(C)cc(C)cc2C)cc1. The lowest BCUT2D eigenvalue weighted by Gasteiger charge is -2.17. The van der Waals surface area contributed by atoms with Crippen molar-refractivity contribution in [2.75, 3.05) is 12.4 Å². The molecule has 1 amide bonds. The van der Waals surface area contributed by atoms with E-state index in [9.17, 15) is 13.2 Å². The van der Waals surface area contributed by atoms with Gasteiger partial charge in [-0.15, -0.1) is 0 Å². The van der Waals surface area contributed by atoms with E-state index in [2.05, 4.69) is 10.0 Å². The minimum absolute atomic E-state index is 0.0700. The van der Waals surface area contributed by atoms with Crippen LogP contribution in [0.25, 0.3) is 0 Å². The summed E-state index contributed by atoms with van der Waals surface area (Å²) in [6.45, 7) is 7.30. The number of hydrogen-bond acceptors (Lipinski definition) is 4. The molecule has 2 rings (SSSR count). The van der Waals surface area contributed by atoms with Crippen LogP contribution < -0.4 is 14.8 Å². The fourth-order valence-corrected chi connectivity index (χ4v) is 3.92. The Bertz CT molecular complexity index is 883. The van der Waals surface area contributed by atoms with Gasteiger partial charge in [-0.1, -0.05) is 17.7 Å². The third kappa shape index (κ3) is 4.62. The largest absolute Gasteiger partial charge is 0.497 e. The summed E-state index contributed by atoms with van der Waals surface area (Å²) in [4.78, 5) is 12.5. The molecule has 0 heterocycles. The van der Waals surface area contributed by atoms with Crippen LogP contribution in [-0.2, 0) is 14.8 Å². The molecule has 7 heteroatoms. The van der Waals surface area contributed by atoms with E-state index in [1.165, 1.54) is 26.2 Å². The van der Waals surface area contributed by atoms with Crippen LogP contribution in [0, 0.1) is 20.8 Å². The first-order valence-corrected chi connectivity index (χ1v) is 9.67. The van der Waals surface area contributed by atoms with Crippen molar-refractivity contribution in [1.82, 2.24) is 4.72 Å². The molecule has 0 radical (unpaired) electrons. The summed E-state index contributed by atoms with van der Waals surface area (Å²) < 4.78 is 32.3. The smallest absolute Gasteiger partial charge is 0.242 e. The van der Waals surface area contributed by atoms with E-state index in [0.717, 1.165) is 16.7 Å². The van der Waals surface area contributed by atoms with Gasteiger partial charge in [-0.3, -0.25) is 4.79 Å². The molecule has 26 heavy (non-hydrogen) atoms. The standard InChI is InChI=1S/C19H24N2O4S/c1-12-10-13(2)18(14(3)11-12)20-19(22)15(4)21-26(23,24)17-8-6-16(25-5)7-9-17/h6-11,15,21H,1-5H3,(H,20,22)/t15-/m0/s1. The van der Waals surface area contributed by atoms with Crippen molar-refractivity contribution in [2.45, 2.75) is 38.6 Å². The summed E-state index contributed by atoms with van der Waals surface area (Å²) in [5.74, 6) is 0.136. The predicted molar refractivity (Wildman–Crippen MR) is 102 cm³/mol. The Labute approximate surface area is 154 Å². The first-order chi connectivity index (χ1) is 12.1. The van der Waals surface area contributed by atoms with Gasteiger partial charge in [0, 0.05) is 5.69 Å². The number of amides is 1. The highest BCUT2D eigenvalue weighted by Gasteiger charge is 2.23. The Morgan fingerprint density at radius 1 is 1.04 bits per heavy atom. The number of hydrogen-bond donors (Lipinski definition) is 2. The Morgan fingerprint density at radius 2 is 1.58 bits per heavy atom. The molecule has 2 aromatic carbocycles. The maximum atomic E-state index is 12.5. The number of aryl methyl sites for hydroxylation is 3. The fourth-order valence-electron chi connectivity index (χ4n) is 2.72. The van der Waals surface area contributed by atoms with Crippen LogP contribution in [0.15, 0.2) is 41.3 Å². The fraction of sp³-hybridized carbons (Fsp3) is 0.316. The van der Waals surface area contributed by atoms with Gasteiger partial charge in [0.25, 0.3) is 0 Å². The molecule has 0 spiro atoms. The lowest BCUT2D eigenvalue weighted by atomic mass is 10.0. The maximum absolute atomic E-state index is 12.5. The summed E-state index contributed by atoms with van der Waals surface area (Å²) in [5, 5.41) is 2.81. The second-order valence-corrected chi connectivity index (χ2v) is 8.00. The van der Waals surface area contributed by atoms with E-state index in [4.69, 9.17) is 4.74 Å². The van der Waals surface area contributed by atoms with Gasteiger partial charge in [-0.25, -0.2) is 8.42 Å². The summed E-state index contributed by atoms with van der Waals surface area (Å²) in [7, 11) is -2.31. The minimum Gasteiger partial charge on any atom is -0.497 e. The van der Waals surface area contributed by atoms with Gasteiger partial charge in [0.2, 0.25) is 15.9 Å².